The van der Waals surface area contributed by atoms with Crippen LogP contribution in [0, 0.1) is 0 Å². The molecular weight excluding hydrogens is 220 g/mol. The summed E-state index contributed by atoms with van der Waals surface area (Å²) in [5.41, 5.74) is 6.63. The van der Waals surface area contributed by atoms with Gasteiger partial charge in [0.1, 0.15) is 0 Å². The Morgan fingerprint density at radius 1 is 1.53 bits per heavy atom. The normalized spacial score (nSPS) is 11.1. The number of nitrogens with one attached hydrogen (secondary N) is 1. The van der Waals surface area contributed by atoms with Crippen LogP contribution in [0.25, 0.3) is 0 Å². The van der Waals surface area contributed by atoms with Gasteiger partial charge in [-0.1, -0.05) is 17.3 Å². The average molecular weight is 236 g/mol. The van der Waals surface area contributed by atoms with Crippen LogP contribution in [0.4, 0.5) is 10.5 Å². The van der Waals surface area contributed by atoms with Gasteiger partial charge in [-0.05, 0) is 19.1 Å². The molecular formula is C11H16N4O2. The lowest BCUT2D eigenvalue weighted by Gasteiger charge is -2.20. The van der Waals surface area contributed by atoms with Crippen LogP contribution < -0.4 is 16.0 Å². The molecule has 1 aromatic carbocycles. The van der Waals surface area contributed by atoms with Crippen LogP contribution in [0.1, 0.15) is 12.5 Å². The summed E-state index contributed by atoms with van der Waals surface area (Å²) in [5.74, 6) is -0.0308. The highest BCUT2D eigenvalue weighted by molar-refractivity contribution is 6.05. The van der Waals surface area contributed by atoms with E-state index in [1.165, 1.54) is 4.90 Å². The number of benzene rings is 1. The minimum absolute atomic E-state index is 0.0308. The molecule has 0 radical (unpaired) electrons. The number of carbonyl (C=O) groups excluding carboxylic acids is 1. The smallest absolute Gasteiger partial charge is 0.321 e. The molecule has 0 aliphatic rings. The van der Waals surface area contributed by atoms with E-state index >= 15 is 0 Å². The highest BCUT2D eigenvalue weighted by Crippen LogP contribution is 2.18. The summed E-state index contributed by atoms with van der Waals surface area (Å²) >= 11 is 0. The zero-order valence-corrected chi connectivity index (χ0v) is 9.84. The first-order valence-electron chi connectivity index (χ1n) is 5.20. The molecule has 0 unspecified atom stereocenters. The molecule has 0 aliphatic heterocycles. The van der Waals surface area contributed by atoms with Crippen LogP contribution in [-0.2, 0) is 0 Å². The number of carbonyl (C=O) groups is 1. The van der Waals surface area contributed by atoms with Gasteiger partial charge in [0.15, 0.2) is 5.84 Å². The maximum Gasteiger partial charge on any atom is 0.321 e. The molecule has 92 valence electrons. The molecule has 0 aliphatic carbocycles. The van der Waals surface area contributed by atoms with E-state index in [0.29, 0.717) is 17.8 Å². The molecule has 2 amide bonds. The second kappa shape index (κ2) is 5.74. The van der Waals surface area contributed by atoms with Gasteiger partial charge in [-0.15, -0.1) is 0 Å². The van der Waals surface area contributed by atoms with Gasteiger partial charge in [0.25, 0.3) is 0 Å². The molecule has 0 aromatic heterocycles. The number of para-hydroxylation sites is 1. The lowest BCUT2D eigenvalue weighted by atomic mass is 10.1. The van der Waals surface area contributed by atoms with E-state index in [9.17, 15) is 4.79 Å². The van der Waals surface area contributed by atoms with Gasteiger partial charge >= 0.3 is 6.03 Å². The summed E-state index contributed by atoms with van der Waals surface area (Å²) in [7, 11) is 1.62. The molecule has 0 spiro atoms. The number of urea groups is 1. The third-order valence-corrected chi connectivity index (χ3v) is 2.28. The molecule has 0 heterocycles. The van der Waals surface area contributed by atoms with Crippen molar-refractivity contribution in [3.63, 3.8) is 0 Å². The van der Waals surface area contributed by atoms with Crippen LogP contribution in [0.5, 0.6) is 0 Å². The third-order valence-electron chi connectivity index (χ3n) is 2.28. The maximum atomic E-state index is 11.7. The van der Waals surface area contributed by atoms with Gasteiger partial charge in [-0.2, -0.15) is 0 Å². The molecule has 17 heavy (non-hydrogen) atoms. The Morgan fingerprint density at radius 3 is 2.76 bits per heavy atom. The minimum atomic E-state index is -0.245. The Kier molecular flexibility index (Phi) is 4.33. The van der Waals surface area contributed by atoms with Crippen LogP contribution in [0.3, 0.4) is 0 Å². The monoisotopic (exact) mass is 236 g/mol. The number of amidine groups is 1. The molecule has 0 bridgehead atoms. The predicted molar refractivity (Wildman–Crippen MR) is 66.4 cm³/mol. The van der Waals surface area contributed by atoms with Gasteiger partial charge in [0.05, 0.1) is 5.69 Å². The number of nitrogens with two attached hydrogens (primary N) is 1. The van der Waals surface area contributed by atoms with Crippen molar-refractivity contribution in [3.05, 3.63) is 29.8 Å². The van der Waals surface area contributed by atoms with Crippen molar-refractivity contribution in [2.45, 2.75) is 6.92 Å². The summed E-state index contributed by atoms with van der Waals surface area (Å²) in [6.45, 7) is 2.37. The fraction of sp³-hybridized carbons (Fsp3) is 0.273. The molecule has 0 fully saturated rings. The summed E-state index contributed by atoms with van der Waals surface area (Å²) in [6.07, 6.45) is 0. The number of hydrogen-bond acceptors (Lipinski definition) is 3. The average Bonchev–Trinajstić information content (AvgIpc) is 2.37. The fourth-order valence-electron chi connectivity index (χ4n) is 1.42. The second-order valence-corrected chi connectivity index (χ2v) is 3.40. The molecule has 4 N–H and O–H groups in total. The minimum Gasteiger partial charge on any atom is -0.409 e. The lowest BCUT2D eigenvalue weighted by molar-refractivity contribution is 0.248. The summed E-state index contributed by atoms with van der Waals surface area (Å²) < 4.78 is 0. The first kappa shape index (κ1) is 12.8. The first-order valence-corrected chi connectivity index (χ1v) is 5.20. The topological polar surface area (TPSA) is 91.0 Å². The van der Waals surface area contributed by atoms with E-state index in [1.54, 1.807) is 31.3 Å². The second-order valence-electron chi connectivity index (χ2n) is 3.40. The summed E-state index contributed by atoms with van der Waals surface area (Å²) in [4.78, 5) is 13.1. The Balaban J connectivity index is 3.09. The highest BCUT2D eigenvalue weighted by Gasteiger charge is 2.15. The molecule has 0 saturated carbocycles. The first-order chi connectivity index (χ1) is 8.11. The maximum absolute atomic E-state index is 11.7. The van der Waals surface area contributed by atoms with Crippen molar-refractivity contribution >= 4 is 17.6 Å². The zero-order chi connectivity index (χ0) is 12.8. The summed E-state index contributed by atoms with van der Waals surface area (Å²) in [5, 5.41) is 14.3. The third kappa shape index (κ3) is 2.87. The number of rotatable bonds is 3. The Morgan fingerprint density at radius 2 is 2.18 bits per heavy atom. The molecule has 1 rings (SSSR count). The molecule has 0 atom stereocenters. The Hall–Kier alpha value is -2.24. The van der Waals surface area contributed by atoms with Gasteiger partial charge in [0.2, 0.25) is 0 Å². The SMILES string of the molecule is CCNC(=O)N(C)c1ccccc1C(N)=NO. The largest absolute Gasteiger partial charge is 0.409 e. The van der Waals surface area contributed by atoms with Crippen molar-refractivity contribution < 1.29 is 10.0 Å². The number of oxime groups is 1. The van der Waals surface area contributed by atoms with Crippen molar-refractivity contribution in [1.82, 2.24) is 5.32 Å². The molecule has 1 aromatic rings. The van der Waals surface area contributed by atoms with E-state index < -0.39 is 0 Å². The quantitative estimate of drug-likeness (QED) is 0.316. The van der Waals surface area contributed by atoms with Crippen LogP contribution in [-0.4, -0.2) is 30.7 Å². The van der Waals surface area contributed by atoms with Crippen LogP contribution in [0.2, 0.25) is 0 Å². The molecule has 6 heteroatoms. The van der Waals surface area contributed by atoms with Crippen molar-refractivity contribution in [1.29, 1.82) is 0 Å². The predicted octanol–water partition coefficient (Wildman–Crippen LogP) is 0.947. The zero-order valence-electron chi connectivity index (χ0n) is 9.84. The number of anilines is 1. The number of nitrogens with zero attached hydrogens (tertiary/aromatic N) is 2. The fourth-order valence-corrected chi connectivity index (χ4v) is 1.42. The lowest BCUT2D eigenvalue weighted by Crippen LogP contribution is -2.38. The molecule has 0 saturated heterocycles. The molecule has 6 nitrogen and oxygen atoms in total. The van der Waals surface area contributed by atoms with Gasteiger partial charge < -0.3 is 16.3 Å². The van der Waals surface area contributed by atoms with Gasteiger partial charge in [0, 0.05) is 19.2 Å². The van der Waals surface area contributed by atoms with Gasteiger partial charge in [-0.3, -0.25) is 4.90 Å². The summed E-state index contributed by atoms with van der Waals surface area (Å²) in [6, 6.07) is 6.69. The standard InChI is InChI=1S/C11H16N4O2/c1-3-13-11(16)15(2)9-7-5-4-6-8(9)10(12)14-17/h4-7,17H,3H2,1-2H3,(H2,12,14)(H,13,16). The van der Waals surface area contributed by atoms with Crippen LogP contribution in [0.15, 0.2) is 29.4 Å². The van der Waals surface area contributed by atoms with Gasteiger partial charge in [-0.25, -0.2) is 4.79 Å². The van der Waals surface area contributed by atoms with E-state index in [1.807, 2.05) is 6.92 Å². The van der Waals surface area contributed by atoms with E-state index in [0.717, 1.165) is 0 Å². The van der Waals surface area contributed by atoms with Crippen molar-refractivity contribution in [2.75, 3.05) is 18.5 Å². The Labute approximate surface area is 99.7 Å². The van der Waals surface area contributed by atoms with Crippen LogP contribution >= 0.6 is 0 Å². The number of amides is 2. The number of hydrogen-bond donors (Lipinski definition) is 3. The van der Waals surface area contributed by atoms with E-state index in [-0.39, 0.29) is 11.9 Å². The van der Waals surface area contributed by atoms with E-state index in [2.05, 4.69) is 10.5 Å². The van der Waals surface area contributed by atoms with E-state index in [4.69, 9.17) is 10.9 Å². The Bertz CT molecular complexity index is 431. The van der Waals surface area contributed by atoms with Crippen molar-refractivity contribution in [3.8, 4) is 0 Å². The van der Waals surface area contributed by atoms with Crippen molar-refractivity contribution in [2.24, 2.45) is 10.9 Å². The highest BCUT2D eigenvalue weighted by atomic mass is 16.4.